The summed E-state index contributed by atoms with van der Waals surface area (Å²) in [5.74, 6) is -2.54. The van der Waals surface area contributed by atoms with Gasteiger partial charge >= 0.3 is 0 Å². The van der Waals surface area contributed by atoms with Gasteiger partial charge in [-0.1, -0.05) is 0 Å². The molecular weight excluding hydrogens is 262 g/mol. The monoisotopic (exact) mass is 272 g/mol. The summed E-state index contributed by atoms with van der Waals surface area (Å²) >= 11 is 5.75. The van der Waals surface area contributed by atoms with E-state index in [9.17, 15) is 8.78 Å². The zero-order valence-corrected chi connectivity index (χ0v) is 10.2. The summed E-state index contributed by atoms with van der Waals surface area (Å²) in [6.45, 7) is 0. The Balaban J connectivity index is 1.93. The Labute approximate surface area is 107 Å². The third-order valence-electron chi connectivity index (χ3n) is 3.34. The van der Waals surface area contributed by atoms with Crippen molar-refractivity contribution in [2.45, 2.75) is 37.6 Å². The molecule has 1 aliphatic rings. The molecular formula is C11H11ClF2N4. The second-order valence-corrected chi connectivity index (χ2v) is 4.93. The summed E-state index contributed by atoms with van der Waals surface area (Å²) in [7, 11) is 0. The van der Waals surface area contributed by atoms with E-state index in [2.05, 4.69) is 15.1 Å². The Bertz CT molecular complexity index is 573. The van der Waals surface area contributed by atoms with Gasteiger partial charge in [-0.25, -0.2) is 18.4 Å². The lowest BCUT2D eigenvalue weighted by Crippen LogP contribution is -2.26. The van der Waals surface area contributed by atoms with Crippen LogP contribution in [0.15, 0.2) is 12.4 Å². The lowest BCUT2D eigenvalue weighted by molar-refractivity contribution is -0.0446. The van der Waals surface area contributed by atoms with E-state index in [-0.39, 0.29) is 24.2 Å². The first-order valence-corrected chi connectivity index (χ1v) is 6.16. The quantitative estimate of drug-likeness (QED) is 0.749. The zero-order valence-electron chi connectivity index (χ0n) is 9.48. The highest BCUT2D eigenvalue weighted by Crippen LogP contribution is 2.38. The molecule has 4 nitrogen and oxygen atoms in total. The maximum atomic E-state index is 13.1. The number of hydrogen-bond acceptors (Lipinski definition) is 3. The van der Waals surface area contributed by atoms with Gasteiger partial charge in [0.2, 0.25) is 11.2 Å². The molecule has 7 heteroatoms. The molecule has 0 unspecified atom stereocenters. The molecule has 0 spiro atoms. The van der Waals surface area contributed by atoms with E-state index >= 15 is 0 Å². The number of alkyl halides is 2. The van der Waals surface area contributed by atoms with Crippen LogP contribution in [0, 0.1) is 0 Å². The van der Waals surface area contributed by atoms with E-state index in [0.717, 1.165) is 5.39 Å². The van der Waals surface area contributed by atoms with Crippen molar-refractivity contribution in [1.29, 1.82) is 0 Å². The van der Waals surface area contributed by atoms with Gasteiger partial charge in [0.05, 0.1) is 17.6 Å². The molecule has 2 heterocycles. The van der Waals surface area contributed by atoms with E-state index in [1.165, 1.54) is 0 Å². The molecule has 18 heavy (non-hydrogen) atoms. The van der Waals surface area contributed by atoms with Gasteiger partial charge in [-0.05, 0) is 24.4 Å². The molecule has 0 saturated heterocycles. The first-order chi connectivity index (χ1) is 8.55. The summed E-state index contributed by atoms with van der Waals surface area (Å²) < 4.78 is 27.9. The smallest absolute Gasteiger partial charge is 0.244 e. The van der Waals surface area contributed by atoms with Crippen molar-refractivity contribution < 1.29 is 8.78 Å². The Morgan fingerprint density at radius 3 is 2.72 bits per heavy atom. The van der Waals surface area contributed by atoms with Gasteiger partial charge in [0.1, 0.15) is 0 Å². The van der Waals surface area contributed by atoms with Crippen LogP contribution < -0.4 is 0 Å². The standard InChI is InChI=1S/C11H11ClF2N4/c12-10-15-5-7-6-16-18(9(7)17-10)8-1-3-11(13,14)4-2-8/h5-6,8H,1-4H2. The predicted octanol–water partition coefficient (Wildman–Crippen LogP) is 3.23. The maximum absolute atomic E-state index is 13.1. The molecule has 0 N–H and O–H groups in total. The Morgan fingerprint density at radius 1 is 1.28 bits per heavy atom. The highest BCUT2D eigenvalue weighted by Gasteiger charge is 2.36. The van der Waals surface area contributed by atoms with E-state index in [0.29, 0.717) is 18.5 Å². The molecule has 1 fully saturated rings. The predicted molar refractivity (Wildman–Crippen MR) is 62.8 cm³/mol. The van der Waals surface area contributed by atoms with E-state index < -0.39 is 5.92 Å². The van der Waals surface area contributed by atoms with Gasteiger partial charge in [0, 0.05) is 19.0 Å². The molecule has 0 atom stereocenters. The van der Waals surface area contributed by atoms with Crippen LogP contribution in [0.2, 0.25) is 5.28 Å². The van der Waals surface area contributed by atoms with Gasteiger partial charge in [-0.2, -0.15) is 10.1 Å². The molecule has 2 aromatic heterocycles. The summed E-state index contributed by atoms with van der Waals surface area (Å²) in [6.07, 6.45) is 3.84. The van der Waals surface area contributed by atoms with Crippen molar-refractivity contribution in [2.75, 3.05) is 0 Å². The average molecular weight is 273 g/mol. The van der Waals surface area contributed by atoms with Crippen LogP contribution >= 0.6 is 11.6 Å². The van der Waals surface area contributed by atoms with Crippen molar-refractivity contribution in [2.24, 2.45) is 0 Å². The first kappa shape index (κ1) is 11.8. The van der Waals surface area contributed by atoms with Crippen molar-refractivity contribution in [3.63, 3.8) is 0 Å². The summed E-state index contributed by atoms with van der Waals surface area (Å²) in [5.41, 5.74) is 0.616. The summed E-state index contributed by atoms with van der Waals surface area (Å²) in [4.78, 5) is 7.98. The number of hydrogen-bond donors (Lipinski definition) is 0. The van der Waals surface area contributed by atoms with Crippen molar-refractivity contribution in [3.8, 4) is 0 Å². The normalized spacial score (nSPS) is 20.4. The van der Waals surface area contributed by atoms with Crippen LogP contribution in [-0.2, 0) is 0 Å². The number of aromatic nitrogens is 4. The molecule has 0 radical (unpaired) electrons. The number of nitrogens with zero attached hydrogens (tertiary/aromatic N) is 4. The molecule has 0 aromatic carbocycles. The van der Waals surface area contributed by atoms with Gasteiger partial charge < -0.3 is 0 Å². The van der Waals surface area contributed by atoms with Crippen LogP contribution in [0.3, 0.4) is 0 Å². The second-order valence-electron chi connectivity index (χ2n) is 4.59. The summed E-state index contributed by atoms with van der Waals surface area (Å²) in [5, 5.41) is 5.14. The van der Waals surface area contributed by atoms with Crippen LogP contribution in [0.25, 0.3) is 11.0 Å². The van der Waals surface area contributed by atoms with Crippen LogP contribution in [-0.4, -0.2) is 25.7 Å². The van der Waals surface area contributed by atoms with E-state index in [1.807, 2.05) is 0 Å². The van der Waals surface area contributed by atoms with Gasteiger partial charge in [-0.3, -0.25) is 0 Å². The fourth-order valence-corrected chi connectivity index (χ4v) is 2.48. The molecule has 1 aliphatic carbocycles. The highest BCUT2D eigenvalue weighted by molar-refractivity contribution is 6.28. The molecule has 0 aliphatic heterocycles. The topological polar surface area (TPSA) is 43.6 Å². The fourth-order valence-electron chi connectivity index (χ4n) is 2.35. The van der Waals surface area contributed by atoms with E-state index in [4.69, 9.17) is 11.6 Å². The average Bonchev–Trinajstić information content (AvgIpc) is 2.72. The lowest BCUT2D eigenvalue weighted by Gasteiger charge is -2.28. The minimum absolute atomic E-state index is 0.0342. The first-order valence-electron chi connectivity index (χ1n) is 5.79. The van der Waals surface area contributed by atoms with Crippen molar-refractivity contribution >= 4 is 22.6 Å². The largest absolute Gasteiger partial charge is 0.248 e. The SMILES string of the molecule is FC1(F)CCC(n2ncc3cnc(Cl)nc32)CC1. The zero-order chi connectivity index (χ0) is 12.8. The van der Waals surface area contributed by atoms with Crippen LogP contribution in [0.4, 0.5) is 8.78 Å². The van der Waals surface area contributed by atoms with Crippen LogP contribution in [0.5, 0.6) is 0 Å². The fraction of sp³-hybridized carbons (Fsp3) is 0.545. The van der Waals surface area contributed by atoms with Crippen molar-refractivity contribution in [1.82, 2.24) is 19.7 Å². The molecule has 3 rings (SSSR count). The third-order valence-corrected chi connectivity index (χ3v) is 3.52. The summed E-state index contributed by atoms with van der Waals surface area (Å²) in [6, 6.07) is -0.0342. The number of rotatable bonds is 1. The Morgan fingerprint density at radius 2 is 2.00 bits per heavy atom. The Hall–Kier alpha value is -1.30. The molecule has 1 saturated carbocycles. The van der Waals surface area contributed by atoms with Gasteiger partial charge in [0.15, 0.2) is 5.65 Å². The van der Waals surface area contributed by atoms with Gasteiger partial charge in [0.25, 0.3) is 0 Å². The Kier molecular flexibility index (Phi) is 2.69. The molecule has 0 amide bonds. The minimum Gasteiger partial charge on any atom is -0.244 e. The van der Waals surface area contributed by atoms with E-state index in [1.54, 1.807) is 17.1 Å². The third kappa shape index (κ3) is 2.05. The number of fused-ring (bicyclic) bond motifs is 1. The lowest BCUT2D eigenvalue weighted by atomic mass is 9.92. The number of halogens is 3. The maximum Gasteiger partial charge on any atom is 0.248 e. The molecule has 96 valence electrons. The van der Waals surface area contributed by atoms with Gasteiger partial charge in [-0.15, -0.1) is 0 Å². The highest BCUT2D eigenvalue weighted by atomic mass is 35.5. The van der Waals surface area contributed by atoms with Crippen LogP contribution in [0.1, 0.15) is 31.7 Å². The molecule has 2 aromatic rings. The van der Waals surface area contributed by atoms with Crippen molar-refractivity contribution in [3.05, 3.63) is 17.7 Å². The minimum atomic E-state index is -2.54. The second kappa shape index (κ2) is 4.12. The molecule has 0 bridgehead atoms.